The third-order valence-electron chi connectivity index (χ3n) is 3.21. The summed E-state index contributed by atoms with van der Waals surface area (Å²) in [7, 11) is 0. The van der Waals surface area contributed by atoms with Crippen LogP contribution in [0.2, 0.25) is 0 Å². The molecule has 0 spiro atoms. The molecule has 5 nitrogen and oxygen atoms in total. The molecule has 1 aliphatic heterocycles. The number of carbonyl (C=O) groups excluding carboxylic acids is 1. The van der Waals surface area contributed by atoms with Crippen molar-refractivity contribution in [3.8, 4) is 11.8 Å². The van der Waals surface area contributed by atoms with Gasteiger partial charge in [-0.1, -0.05) is 11.8 Å². The molecule has 0 radical (unpaired) electrons. The normalized spacial score (nSPS) is 17.1. The second-order valence-corrected chi connectivity index (χ2v) is 4.93. The van der Waals surface area contributed by atoms with E-state index in [1.54, 1.807) is 18.3 Å². The van der Waals surface area contributed by atoms with Crippen molar-refractivity contribution >= 4 is 11.7 Å². The number of nitrogens with zero attached hydrogens (tertiary/aromatic N) is 1. The van der Waals surface area contributed by atoms with Gasteiger partial charge in [-0.15, -0.1) is 0 Å². The number of aliphatic hydroxyl groups is 1. The van der Waals surface area contributed by atoms with Gasteiger partial charge in [0.15, 0.2) is 0 Å². The molecule has 2 N–H and O–H groups in total. The lowest BCUT2D eigenvalue weighted by Crippen LogP contribution is -2.15. The molecule has 112 valence electrons. The van der Waals surface area contributed by atoms with Gasteiger partial charge < -0.3 is 15.2 Å². The fraction of sp³-hybridized carbons (Fsp3) is 0.500. The van der Waals surface area contributed by atoms with Crippen LogP contribution in [0.15, 0.2) is 18.3 Å². The van der Waals surface area contributed by atoms with E-state index in [-0.39, 0.29) is 18.6 Å². The largest absolute Gasteiger partial charge is 0.395 e. The number of anilines is 1. The Balaban J connectivity index is 1.82. The molecule has 1 aliphatic rings. The first kappa shape index (κ1) is 15.5. The SMILES string of the molecule is O=C(CCC1CCCO1)Nc1cc(C#CCCO)ccn1. The van der Waals surface area contributed by atoms with Crippen molar-refractivity contribution in [2.45, 2.75) is 38.2 Å². The van der Waals surface area contributed by atoms with Gasteiger partial charge >= 0.3 is 0 Å². The fourth-order valence-corrected chi connectivity index (χ4v) is 2.17. The molecular formula is C16H20N2O3. The lowest BCUT2D eigenvalue weighted by atomic mass is 10.1. The second-order valence-electron chi connectivity index (χ2n) is 4.93. The van der Waals surface area contributed by atoms with E-state index >= 15 is 0 Å². The molecule has 1 aromatic heterocycles. The molecule has 2 heterocycles. The number of aromatic nitrogens is 1. The van der Waals surface area contributed by atoms with E-state index < -0.39 is 0 Å². The molecule has 1 aromatic rings. The van der Waals surface area contributed by atoms with Crippen LogP contribution in [-0.4, -0.2) is 35.3 Å². The molecule has 0 saturated carbocycles. The number of hydrogen-bond acceptors (Lipinski definition) is 4. The summed E-state index contributed by atoms with van der Waals surface area (Å²) < 4.78 is 5.49. The number of rotatable bonds is 5. The number of ether oxygens (including phenoxy) is 1. The number of hydrogen-bond donors (Lipinski definition) is 2. The highest BCUT2D eigenvalue weighted by Gasteiger charge is 2.16. The summed E-state index contributed by atoms with van der Waals surface area (Å²) in [5.41, 5.74) is 0.771. The zero-order valence-electron chi connectivity index (χ0n) is 12.0. The number of pyridine rings is 1. The van der Waals surface area contributed by atoms with Crippen LogP contribution < -0.4 is 5.32 Å². The van der Waals surface area contributed by atoms with Crippen LogP contribution in [-0.2, 0) is 9.53 Å². The number of nitrogens with one attached hydrogen (secondary N) is 1. The van der Waals surface area contributed by atoms with Crippen molar-refractivity contribution in [3.63, 3.8) is 0 Å². The van der Waals surface area contributed by atoms with Gasteiger partial charge in [0.25, 0.3) is 0 Å². The van der Waals surface area contributed by atoms with Crippen molar-refractivity contribution in [3.05, 3.63) is 23.9 Å². The van der Waals surface area contributed by atoms with Gasteiger partial charge in [-0.25, -0.2) is 4.98 Å². The molecule has 1 atom stereocenters. The first-order chi connectivity index (χ1) is 10.3. The van der Waals surface area contributed by atoms with Crippen LogP contribution in [0, 0.1) is 11.8 Å². The molecule has 1 fully saturated rings. The predicted octanol–water partition coefficient (Wildman–Crippen LogP) is 1.71. The second kappa shape index (κ2) is 8.40. The number of carbonyl (C=O) groups is 1. The average Bonchev–Trinajstić information content (AvgIpc) is 2.99. The zero-order chi connectivity index (χ0) is 14.9. The van der Waals surface area contributed by atoms with Crippen LogP contribution in [0.25, 0.3) is 0 Å². The summed E-state index contributed by atoms with van der Waals surface area (Å²) in [6, 6.07) is 3.50. The van der Waals surface area contributed by atoms with Crippen molar-refractivity contribution in [2.24, 2.45) is 0 Å². The number of aliphatic hydroxyl groups excluding tert-OH is 1. The smallest absolute Gasteiger partial charge is 0.225 e. The molecule has 1 amide bonds. The van der Waals surface area contributed by atoms with Crippen molar-refractivity contribution < 1.29 is 14.6 Å². The Kier molecular flexibility index (Phi) is 6.20. The quantitative estimate of drug-likeness (QED) is 0.809. The highest BCUT2D eigenvalue weighted by molar-refractivity contribution is 5.89. The summed E-state index contributed by atoms with van der Waals surface area (Å²) in [6.45, 7) is 0.854. The topological polar surface area (TPSA) is 71.5 Å². The monoisotopic (exact) mass is 288 g/mol. The van der Waals surface area contributed by atoms with Crippen molar-refractivity contribution in [1.82, 2.24) is 4.98 Å². The Bertz CT molecular complexity index is 528. The van der Waals surface area contributed by atoms with E-state index in [1.165, 1.54) is 0 Å². The summed E-state index contributed by atoms with van der Waals surface area (Å²) in [6.07, 6.45) is 5.59. The fourth-order valence-electron chi connectivity index (χ4n) is 2.17. The van der Waals surface area contributed by atoms with Crippen molar-refractivity contribution in [1.29, 1.82) is 0 Å². The summed E-state index contributed by atoms with van der Waals surface area (Å²) in [5.74, 6) is 6.20. The van der Waals surface area contributed by atoms with E-state index in [0.29, 0.717) is 18.7 Å². The highest BCUT2D eigenvalue weighted by atomic mass is 16.5. The van der Waals surface area contributed by atoms with Gasteiger partial charge in [-0.3, -0.25) is 4.79 Å². The maximum atomic E-state index is 11.9. The zero-order valence-corrected chi connectivity index (χ0v) is 12.0. The predicted molar refractivity (Wildman–Crippen MR) is 79.7 cm³/mol. The van der Waals surface area contributed by atoms with E-state index in [2.05, 4.69) is 22.1 Å². The van der Waals surface area contributed by atoms with Gasteiger partial charge in [0.1, 0.15) is 5.82 Å². The summed E-state index contributed by atoms with van der Waals surface area (Å²) >= 11 is 0. The highest BCUT2D eigenvalue weighted by Crippen LogP contribution is 2.17. The standard InChI is InChI=1S/C16H20N2O3/c19-10-2-1-4-13-8-9-17-15(12-13)18-16(20)7-6-14-5-3-11-21-14/h8-9,12,14,19H,2-3,5-7,10-11H2,(H,17,18,20). The molecular weight excluding hydrogens is 268 g/mol. The van der Waals surface area contributed by atoms with Crippen LogP contribution in [0.4, 0.5) is 5.82 Å². The van der Waals surface area contributed by atoms with E-state index in [0.717, 1.165) is 31.4 Å². The minimum absolute atomic E-state index is 0.0465. The van der Waals surface area contributed by atoms with Crippen LogP contribution >= 0.6 is 0 Å². The molecule has 0 aliphatic carbocycles. The first-order valence-corrected chi connectivity index (χ1v) is 7.25. The third-order valence-corrected chi connectivity index (χ3v) is 3.21. The summed E-state index contributed by atoms with van der Waals surface area (Å²) in [4.78, 5) is 16.0. The van der Waals surface area contributed by atoms with Gasteiger partial charge in [-0.05, 0) is 31.4 Å². The minimum Gasteiger partial charge on any atom is -0.395 e. The third kappa shape index (κ3) is 5.54. The lowest BCUT2D eigenvalue weighted by Gasteiger charge is -2.09. The lowest BCUT2D eigenvalue weighted by molar-refractivity contribution is -0.116. The maximum absolute atomic E-state index is 11.9. The Morgan fingerprint density at radius 2 is 2.48 bits per heavy atom. The molecule has 1 unspecified atom stereocenters. The minimum atomic E-state index is -0.0570. The Hall–Kier alpha value is -1.90. The first-order valence-electron chi connectivity index (χ1n) is 7.25. The number of amides is 1. The Morgan fingerprint density at radius 3 is 3.24 bits per heavy atom. The molecule has 1 saturated heterocycles. The van der Waals surface area contributed by atoms with Gasteiger partial charge in [-0.2, -0.15) is 0 Å². The Labute approximate surface area is 124 Å². The summed E-state index contributed by atoms with van der Waals surface area (Å²) in [5, 5.41) is 11.5. The average molecular weight is 288 g/mol. The van der Waals surface area contributed by atoms with Gasteiger partial charge in [0, 0.05) is 31.2 Å². The van der Waals surface area contributed by atoms with Gasteiger partial charge in [0.2, 0.25) is 5.91 Å². The van der Waals surface area contributed by atoms with E-state index in [4.69, 9.17) is 9.84 Å². The molecule has 0 aromatic carbocycles. The van der Waals surface area contributed by atoms with E-state index in [9.17, 15) is 4.79 Å². The van der Waals surface area contributed by atoms with Crippen LogP contribution in [0.3, 0.4) is 0 Å². The molecule has 21 heavy (non-hydrogen) atoms. The maximum Gasteiger partial charge on any atom is 0.225 e. The van der Waals surface area contributed by atoms with Crippen molar-refractivity contribution in [2.75, 3.05) is 18.5 Å². The molecule has 0 bridgehead atoms. The van der Waals surface area contributed by atoms with E-state index in [1.807, 2.05) is 0 Å². The molecule has 5 heteroatoms. The molecule has 2 rings (SSSR count). The van der Waals surface area contributed by atoms with Crippen LogP contribution in [0.5, 0.6) is 0 Å². The Morgan fingerprint density at radius 1 is 1.57 bits per heavy atom. The van der Waals surface area contributed by atoms with Gasteiger partial charge in [0.05, 0.1) is 12.7 Å². The van der Waals surface area contributed by atoms with Crippen LogP contribution in [0.1, 0.15) is 37.7 Å².